The summed E-state index contributed by atoms with van der Waals surface area (Å²) in [5.74, 6) is 0.305. The lowest BCUT2D eigenvalue weighted by molar-refractivity contribution is 1.20. The molecule has 0 unspecified atom stereocenters. The van der Waals surface area contributed by atoms with E-state index in [-0.39, 0.29) is 5.56 Å². The first-order valence-electron chi connectivity index (χ1n) is 4.08. The molecular weight excluding hydrogens is 202 g/mol. The molecule has 0 atom stereocenters. The lowest BCUT2D eigenvalue weighted by Crippen LogP contribution is -2.13. The van der Waals surface area contributed by atoms with Crippen LogP contribution in [0, 0.1) is 0 Å². The smallest absolute Gasteiger partial charge is 0.291 e. The molecule has 72 valence electrons. The van der Waals surface area contributed by atoms with Gasteiger partial charge in [-0.1, -0.05) is 11.6 Å². The molecule has 0 aliphatic rings. The maximum Gasteiger partial charge on any atom is 0.291 e. The first kappa shape index (κ1) is 9.02. The van der Waals surface area contributed by atoms with Crippen LogP contribution in [-0.4, -0.2) is 17.0 Å². The van der Waals surface area contributed by atoms with Crippen molar-refractivity contribution in [3.05, 3.63) is 33.6 Å². The van der Waals surface area contributed by atoms with Gasteiger partial charge >= 0.3 is 0 Å². The molecule has 0 aliphatic heterocycles. The van der Waals surface area contributed by atoms with Gasteiger partial charge in [0.05, 0.1) is 11.0 Å². The number of nitrogens with zero attached hydrogens (tertiary/aromatic N) is 1. The number of rotatable bonds is 1. The molecular formula is C9H8ClN3O. The summed E-state index contributed by atoms with van der Waals surface area (Å²) >= 11 is 5.78. The van der Waals surface area contributed by atoms with Crippen molar-refractivity contribution in [2.45, 2.75) is 0 Å². The molecule has 4 nitrogen and oxygen atoms in total. The Morgan fingerprint density at radius 1 is 1.50 bits per heavy atom. The molecule has 1 aromatic carbocycles. The molecule has 0 saturated carbocycles. The third-order valence-electron chi connectivity index (χ3n) is 1.89. The van der Waals surface area contributed by atoms with Crippen molar-refractivity contribution in [3.63, 3.8) is 0 Å². The van der Waals surface area contributed by atoms with Crippen molar-refractivity contribution >= 4 is 28.5 Å². The summed E-state index contributed by atoms with van der Waals surface area (Å²) in [5, 5.41) is 3.29. The molecule has 0 fully saturated rings. The molecule has 2 aromatic rings. The summed E-state index contributed by atoms with van der Waals surface area (Å²) < 4.78 is 0. The third kappa shape index (κ3) is 1.44. The molecule has 0 spiro atoms. The fourth-order valence-corrected chi connectivity index (χ4v) is 1.40. The van der Waals surface area contributed by atoms with E-state index in [4.69, 9.17) is 11.6 Å². The van der Waals surface area contributed by atoms with Gasteiger partial charge in [-0.15, -0.1) is 0 Å². The van der Waals surface area contributed by atoms with E-state index in [1.54, 1.807) is 25.2 Å². The number of nitrogens with one attached hydrogen (secondary N) is 2. The van der Waals surface area contributed by atoms with Crippen LogP contribution >= 0.6 is 11.6 Å². The second kappa shape index (κ2) is 3.31. The molecule has 2 N–H and O–H groups in total. The minimum atomic E-state index is -0.248. The molecule has 1 aromatic heterocycles. The van der Waals surface area contributed by atoms with E-state index in [2.05, 4.69) is 15.3 Å². The fraction of sp³-hybridized carbons (Fsp3) is 0.111. The summed E-state index contributed by atoms with van der Waals surface area (Å²) in [4.78, 5) is 18.2. The number of anilines is 1. The van der Waals surface area contributed by atoms with Crippen LogP contribution in [0.3, 0.4) is 0 Å². The molecule has 5 heteroatoms. The number of halogens is 1. The Kier molecular flexibility index (Phi) is 2.13. The average molecular weight is 210 g/mol. The fourth-order valence-electron chi connectivity index (χ4n) is 1.23. The predicted octanol–water partition coefficient (Wildman–Crippen LogP) is 1.62. The minimum absolute atomic E-state index is 0.248. The van der Waals surface area contributed by atoms with Gasteiger partial charge in [0.25, 0.3) is 5.56 Å². The van der Waals surface area contributed by atoms with Crippen molar-refractivity contribution in [1.82, 2.24) is 9.97 Å². The van der Waals surface area contributed by atoms with Crippen molar-refractivity contribution in [3.8, 4) is 0 Å². The number of aromatic amines is 1. The minimum Gasteiger partial charge on any atom is -0.369 e. The first-order chi connectivity index (χ1) is 6.70. The largest absolute Gasteiger partial charge is 0.369 e. The normalized spacial score (nSPS) is 10.4. The summed E-state index contributed by atoms with van der Waals surface area (Å²) in [5.41, 5.74) is 1.10. The maximum absolute atomic E-state index is 11.4. The summed E-state index contributed by atoms with van der Waals surface area (Å²) in [6.07, 6.45) is 0. The molecule has 0 saturated heterocycles. The molecule has 14 heavy (non-hydrogen) atoms. The van der Waals surface area contributed by atoms with Gasteiger partial charge < -0.3 is 10.3 Å². The van der Waals surface area contributed by atoms with Gasteiger partial charge in [-0.05, 0) is 18.2 Å². The number of H-pyrrole nitrogens is 1. The van der Waals surface area contributed by atoms with Crippen LogP contribution in [-0.2, 0) is 0 Å². The predicted molar refractivity (Wildman–Crippen MR) is 56.9 cm³/mol. The second-order valence-corrected chi connectivity index (χ2v) is 3.26. The van der Waals surface area contributed by atoms with Crippen LogP contribution in [0.25, 0.3) is 11.0 Å². The number of hydrogen-bond donors (Lipinski definition) is 2. The van der Waals surface area contributed by atoms with Crippen LogP contribution in [0.15, 0.2) is 23.0 Å². The van der Waals surface area contributed by atoms with Crippen LogP contribution in [0.2, 0.25) is 5.02 Å². The highest BCUT2D eigenvalue weighted by molar-refractivity contribution is 6.31. The molecule has 2 rings (SSSR count). The van der Waals surface area contributed by atoms with E-state index in [9.17, 15) is 4.79 Å². The lowest BCUT2D eigenvalue weighted by Gasteiger charge is -2.01. The monoisotopic (exact) mass is 209 g/mol. The Bertz CT molecular complexity index is 535. The van der Waals surface area contributed by atoms with Crippen molar-refractivity contribution in [2.24, 2.45) is 0 Å². The van der Waals surface area contributed by atoms with Gasteiger partial charge in [0.2, 0.25) is 0 Å². The SMILES string of the molecule is CNc1nc2ccc(Cl)cc2[nH]c1=O. The maximum atomic E-state index is 11.4. The number of hydrogen-bond acceptors (Lipinski definition) is 3. The molecule has 1 heterocycles. The van der Waals surface area contributed by atoms with E-state index in [1.807, 2.05) is 0 Å². The van der Waals surface area contributed by atoms with Gasteiger partial charge in [-0.25, -0.2) is 4.98 Å². The zero-order valence-electron chi connectivity index (χ0n) is 7.47. The highest BCUT2D eigenvalue weighted by Crippen LogP contribution is 2.15. The van der Waals surface area contributed by atoms with Gasteiger partial charge in [-0.2, -0.15) is 0 Å². The summed E-state index contributed by atoms with van der Waals surface area (Å²) in [6, 6.07) is 5.16. The van der Waals surface area contributed by atoms with Crippen LogP contribution in [0.5, 0.6) is 0 Å². The van der Waals surface area contributed by atoms with Crippen LogP contribution in [0.1, 0.15) is 0 Å². The van der Waals surface area contributed by atoms with Crippen molar-refractivity contribution in [2.75, 3.05) is 12.4 Å². The summed E-state index contributed by atoms with van der Waals surface area (Å²) in [6.45, 7) is 0. The zero-order valence-corrected chi connectivity index (χ0v) is 8.22. The molecule has 0 radical (unpaired) electrons. The first-order valence-corrected chi connectivity index (χ1v) is 4.46. The Morgan fingerprint density at radius 3 is 3.00 bits per heavy atom. The summed E-state index contributed by atoms with van der Waals surface area (Å²) in [7, 11) is 1.65. The molecule has 0 aliphatic carbocycles. The van der Waals surface area contributed by atoms with Gasteiger partial charge in [0.15, 0.2) is 5.82 Å². The lowest BCUT2D eigenvalue weighted by atomic mass is 10.3. The Hall–Kier alpha value is -1.55. The van der Waals surface area contributed by atoms with Gasteiger partial charge in [0.1, 0.15) is 0 Å². The highest BCUT2D eigenvalue weighted by atomic mass is 35.5. The Labute approximate surface area is 84.9 Å². The Morgan fingerprint density at radius 2 is 2.29 bits per heavy atom. The van der Waals surface area contributed by atoms with Crippen molar-refractivity contribution in [1.29, 1.82) is 0 Å². The van der Waals surface area contributed by atoms with Crippen LogP contribution in [0.4, 0.5) is 5.82 Å². The quantitative estimate of drug-likeness (QED) is 0.751. The molecule has 0 bridgehead atoms. The average Bonchev–Trinajstić information content (AvgIpc) is 2.16. The van der Waals surface area contributed by atoms with Crippen LogP contribution < -0.4 is 10.9 Å². The van der Waals surface area contributed by atoms with E-state index in [0.717, 1.165) is 0 Å². The highest BCUT2D eigenvalue weighted by Gasteiger charge is 2.02. The van der Waals surface area contributed by atoms with E-state index in [1.165, 1.54) is 0 Å². The van der Waals surface area contributed by atoms with Crippen molar-refractivity contribution < 1.29 is 0 Å². The third-order valence-corrected chi connectivity index (χ3v) is 2.13. The molecule has 0 amide bonds. The second-order valence-electron chi connectivity index (χ2n) is 2.83. The Balaban J connectivity index is 2.79. The number of fused-ring (bicyclic) bond motifs is 1. The standard InChI is InChI=1S/C9H8ClN3O/c1-11-8-9(14)13-7-4-5(10)2-3-6(7)12-8/h2-4H,1H3,(H,11,12)(H,13,14). The van der Waals surface area contributed by atoms with E-state index >= 15 is 0 Å². The zero-order chi connectivity index (χ0) is 10.1. The topological polar surface area (TPSA) is 57.8 Å². The van der Waals surface area contributed by atoms with E-state index in [0.29, 0.717) is 21.9 Å². The number of benzene rings is 1. The van der Waals surface area contributed by atoms with E-state index < -0.39 is 0 Å². The van der Waals surface area contributed by atoms with Gasteiger partial charge in [0, 0.05) is 12.1 Å². The van der Waals surface area contributed by atoms with Gasteiger partial charge in [-0.3, -0.25) is 4.79 Å². The number of aromatic nitrogens is 2.